The summed E-state index contributed by atoms with van der Waals surface area (Å²) in [6.07, 6.45) is 0. The van der Waals surface area contributed by atoms with Crippen LogP contribution in [0.1, 0.15) is 24.4 Å². The minimum absolute atomic E-state index is 0.365. The number of ether oxygens (including phenoxy) is 1. The lowest BCUT2D eigenvalue weighted by atomic mass is 10.1. The van der Waals surface area contributed by atoms with Gasteiger partial charge in [0.05, 0.1) is 12.6 Å². The first kappa shape index (κ1) is 14.0. The lowest BCUT2D eigenvalue weighted by molar-refractivity contribution is 0.130. The van der Waals surface area contributed by atoms with E-state index in [0.29, 0.717) is 30.0 Å². The fourth-order valence-corrected chi connectivity index (χ4v) is 1.73. The summed E-state index contributed by atoms with van der Waals surface area (Å²) in [6.45, 7) is 4.81. The van der Waals surface area contributed by atoms with Gasteiger partial charge in [-0.25, -0.2) is 0 Å². The Morgan fingerprint density at radius 3 is 2.95 bits per heavy atom. The fourth-order valence-electron chi connectivity index (χ4n) is 1.55. The van der Waals surface area contributed by atoms with Crippen LogP contribution in [-0.2, 0) is 4.74 Å². The van der Waals surface area contributed by atoms with Crippen LogP contribution in [0.3, 0.4) is 0 Å². The summed E-state index contributed by atoms with van der Waals surface area (Å²) in [5, 5.41) is 4.53. The fraction of sp³-hybridized carbons (Fsp3) is 0.385. The van der Waals surface area contributed by atoms with Crippen molar-refractivity contribution in [2.75, 3.05) is 13.2 Å². The van der Waals surface area contributed by atoms with Gasteiger partial charge in [-0.3, -0.25) is 0 Å². The maximum Gasteiger partial charge on any atom is 0.258 e. The van der Waals surface area contributed by atoms with Crippen molar-refractivity contribution in [3.8, 4) is 11.5 Å². The smallest absolute Gasteiger partial charge is 0.258 e. The van der Waals surface area contributed by atoms with Gasteiger partial charge in [0.25, 0.3) is 5.89 Å². The van der Waals surface area contributed by atoms with Crippen LogP contribution in [0, 0.1) is 6.92 Å². The molecule has 0 aliphatic rings. The van der Waals surface area contributed by atoms with Crippen molar-refractivity contribution in [1.82, 2.24) is 10.1 Å². The van der Waals surface area contributed by atoms with Gasteiger partial charge < -0.3 is 15.0 Å². The average Bonchev–Trinajstić information content (AvgIpc) is 2.89. The van der Waals surface area contributed by atoms with Gasteiger partial charge in [0, 0.05) is 17.2 Å². The molecule has 1 heterocycles. The molecular weight excluding hydrogens is 266 g/mol. The van der Waals surface area contributed by atoms with Gasteiger partial charge in [-0.15, -0.1) is 0 Å². The van der Waals surface area contributed by atoms with Crippen molar-refractivity contribution in [1.29, 1.82) is 0 Å². The summed E-state index contributed by atoms with van der Waals surface area (Å²) in [5.74, 6) is 0.837. The third-order valence-corrected chi connectivity index (χ3v) is 3.10. The van der Waals surface area contributed by atoms with E-state index in [4.69, 9.17) is 26.6 Å². The first-order valence-electron chi connectivity index (χ1n) is 6.05. The molecule has 1 atom stereocenters. The Balaban J connectivity index is 2.18. The number of aryl methyl sites for hydroxylation is 1. The lowest BCUT2D eigenvalue weighted by Gasteiger charge is -2.05. The van der Waals surface area contributed by atoms with Crippen molar-refractivity contribution in [2.45, 2.75) is 19.9 Å². The average molecular weight is 282 g/mol. The quantitative estimate of drug-likeness (QED) is 0.912. The summed E-state index contributed by atoms with van der Waals surface area (Å²) in [5.41, 5.74) is 7.66. The molecule has 0 fully saturated rings. The highest BCUT2D eigenvalue weighted by atomic mass is 35.5. The van der Waals surface area contributed by atoms with E-state index >= 15 is 0 Å². The molecule has 1 aromatic heterocycles. The van der Waals surface area contributed by atoms with E-state index in [-0.39, 0.29) is 0 Å². The van der Waals surface area contributed by atoms with E-state index in [1.807, 2.05) is 26.0 Å². The van der Waals surface area contributed by atoms with E-state index in [9.17, 15) is 0 Å². The van der Waals surface area contributed by atoms with Crippen molar-refractivity contribution in [3.63, 3.8) is 0 Å². The second-order valence-electron chi connectivity index (χ2n) is 4.19. The van der Waals surface area contributed by atoms with Crippen molar-refractivity contribution in [2.24, 2.45) is 5.73 Å². The summed E-state index contributed by atoms with van der Waals surface area (Å²) < 4.78 is 10.4. The van der Waals surface area contributed by atoms with Crippen LogP contribution in [0.4, 0.5) is 0 Å². The molecule has 0 radical (unpaired) electrons. The Labute approximate surface area is 116 Å². The molecule has 0 amide bonds. The number of hydrogen-bond donors (Lipinski definition) is 1. The number of halogens is 1. The van der Waals surface area contributed by atoms with Gasteiger partial charge >= 0.3 is 0 Å². The van der Waals surface area contributed by atoms with Gasteiger partial charge in [-0.2, -0.15) is 4.98 Å². The molecule has 0 aliphatic carbocycles. The van der Waals surface area contributed by atoms with Gasteiger partial charge in [0.15, 0.2) is 5.82 Å². The van der Waals surface area contributed by atoms with Gasteiger partial charge in [0.1, 0.15) is 0 Å². The van der Waals surface area contributed by atoms with Crippen molar-refractivity contribution in [3.05, 3.63) is 34.6 Å². The Bertz CT molecular complexity index is 557. The lowest BCUT2D eigenvalue weighted by Crippen LogP contribution is -2.18. The summed E-state index contributed by atoms with van der Waals surface area (Å²) in [4.78, 5) is 4.26. The monoisotopic (exact) mass is 281 g/mol. The second-order valence-corrected chi connectivity index (χ2v) is 4.59. The molecule has 0 bridgehead atoms. The zero-order valence-electron chi connectivity index (χ0n) is 10.9. The van der Waals surface area contributed by atoms with Crippen LogP contribution >= 0.6 is 11.6 Å². The second kappa shape index (κ2) is 6.14. The molecule has 1 aromatic carbocycles. The molecule has 0 saturated heterocycles. The van der Waals surface area contributed by atoms with Gasteiger partial charge in [-0.05, 0) is 31.5 Å². The minimum Gasteiger partial charge on any atom is -0.380 e. The molecule has 0 saturated carbocycles. The van der Waals surface area contributed by atoms with Crippen LogP contribution in [-0.4, -0.2) is 23.4 Å². The molecule has 2 rings (SSSR count). The predicted octanol–water partition coefficient (Wildman–Crippen LogP) is 2.73. The number of hydrogen-bond acceptors (Lipinski definition) is 5. The van der Waals surface area contributed by atoms with E-state index in [1.54, 1.807) is 6.07 Å². The van der Waals surface area contributed by atoms with Crippen LogP contribution in [0.2, 0.25) is 5.02 Å². The summed E-state index contributed by atoms with van der Waals surface area (Å²) in [6, 6.07) is 5.19. The summed E-state index contributed by atoms with van der Waals surface area (Å²) in [7, 11) is 0. The molecule has 2 aromatic rings. The SMILES string of the molecule is CCOCC(N)c1noc(-c2ccc(C)c(Cl)c2)n1. The number of nitrogens with two attached hydrogens (primary N) is 1. The van der Waals surface area contributed by atoms with Crippen LogP contribution in [0.15, 0.2) is 22.7 Å². The van der Waals surface area contributed by atoms with Gasteiger partial charge in [-0.1, -0.05) is 22.8 Å². The number of aromatic nitrogens is 2. The van der Waals surface area contributed by atoms with Crippen LogP contribution < -0.4 is 5.73 Å². The topological polar surface area (TPSA) is 74.2 Å². The minimum atomic E-state index is -0.390. The molecule has 5 nitrogen and oxygen atoms in total. The standard InChI is InChI=1S/C13H16ClN3O2/c1-3-18-7-11(15)12-16-13(19-17-12)9-5-4-8(2)10(14)6-9/h4-6,11H,3,7,15H2,1-2H3. The Morgan fingerprint density at radius 1 is 1.47 bits per heavy atom. The van der Waals surface area contributed by atoms with Crippen molar-refractivity contribution >= 4 is 11.6 Å². The highest BCUT2D eigenvalue weighted by Crippen LogP contribution is 2.24. The maximum atomic E-state index is 6.07. The largest absolute Gasteiger partial charge is 0.380 e. The molecule has 0 aliphatic heterocycles. The highest BCUT2D eigenvalue weighted by molar-refractivity contribution is 6.31. The number of rotatable bonds is 5. The molecular formula is C13H16ClN3O2. The van der Waals surface area contributed by atoms with E-state index in [1.165, 1.54) is 0 Å². The van der Waals surface area contributed by atoms with E-state index in [0.717, 1.165) is 11.1 Å². The first-order valence-corrected chi connectivity index (χ1v) is 6.43. The molecule has 0 spiro atoms. The summed E-state index contributed by atoms with van der Waals surface area (Å²) >= 11 is 6.07. The van der Waals surface area contributed by atoms with Crippen molar-refractivity contribution < 1.29 is 9.26 Å². The van der Waals surface area contributed by atoms with E-state index < -0.39 is 6.04 Å². The predicted molar refractivity (Wildman–Crippen MR) is 72.9 cm³/mol. The first-order chi connectivity index (χ1) is 9.11. The number of nitrogens with zero attached hydrogens (tertiary/aromatic N) is 2. The van der Waals surface area contributed by atoms with Crippen LogP contribution in [0.5, 0.6) is 0 Å². The number of benzene rings is 1. The normalized spacial score (nSPS) is 12.6. The molecule has 1 unspecified atom stereocenters. The molecule has 2 N–H and O–H groups in total. The Kier molecular flexibility index (Phi) is 4.52. The Morgan fingerprint density at radius 2 is 2.26 bits per heavy atom. The zero-order chi connectivity index (χ0) is 13.8. The molecule has 19 heavy (non-hydrogen) atoms. The third kappa shape index (κ3) is 3.32. The maximum absolute atomic E-state index is 6.07. The molecule has 6 heteroatoms. The van der Waals surface area contributed by atoms with E-state index in [2.05, 4.69) is 10.1 Å². The van der Waals surface area contributed by atoms with Gasteiger partial charge in [0.2, 0.25) is 0 Å². The molecule has 102 valence electrons. The van der Waals surface area contributed by atoms with Crippen LogP contribution in [0.25, 0.3) is 11.5 Å². The highest BCUT2D eigenvalue weighted by Gasteiger charge is 2.15. The Hall–Kier alpha value is -1.43. The third-order valence-electron chi connectivity index (χ3n) is 2.69. The zero-order valence-corrected chi connectivity index (χ0v) is 11.6.